The molecule has 2 rings (SSSR count). The molecular formula is C19H24F2IN3O. The molecule has 0 aromatic heterocycles. The third-order valence-corrected chi connectivity index (χ3v) is 3.95. The van der Waals surface area contributed by atoms with Gasteiger partial charge < -0.3 is 15.4 Å². The number of rotatable bonds is 5. The van der Waals surface area contributed by atoms with Gasteiger partial charge in [-0.05, 0) is 48.7 Å². The first-order valence-corrected chi connectivity index (χ1v) is 8.00. The number of hydrogen-bond donors (Lipinski definition) is 2. The number of aryl methyl sites for hydroxylation is 1. The second kappa shape index (κ2) is 10.3. The molecule has 0 fully saturated rings. The van der Waals surface area contributed by atoms with Crippen LogP contribution in [0.1, 0.15) is 29.7 Å². The van der Waals surface area contributed by atoms with Crippen LogP contribution in [-0.4, -0.2) is 20.1 Å². The topological polar surface area (TPSA) is 45.7 Å². The third-order valence-electron chi connectivity index (χ3n) is 3.95. The van der Waals surface area contributed by atoms with E-state index in [-0.39, 0.29) is 41.6 Å². The van der Waals surface area contributed by atoms with E-state index in [9.17, 15) is 8.78 Å². The van der Waals surface area contributed by atoms with Gasteiger partial charge in [0.25, 0.3) is 0 Å². The molecule has 0 heterocycles. The minimum Gasteiger partial charge on any atom is -0.494 e. The molecule has 0 aliphatic rings. The highest BCUT2D eigenvalue weighted by atomic mass is 127. The van der Waals surface area contributed by atoms with Gasteiger partial charge in [0, 0.05) is 13.6 Å². The lowest BCUT2D eigenvalue weighted by Crippen LogP contribution is -2.38. The molecule has 0 spiro atoms. The van der Waals surface area contributed by atoms with E-state index in [2.05, 4.69) is 15.6 Å². The second-order valence-corrected chi connectivity index (χ2v) is 5.77. The number of guanidine groups is 1. The number of hydrogen-bond acceptors (Lipinski definition) is 2. The van der Waals surface area contributed by atoms with Crippen LogP contribution in [0.4, 0.5) is 8.78 Å². The van der Waals surface area contributed by atoms with Gasteiger partial charge in [0.2, 0.25) is 0 Å². The van der Waals surface area contributed by atoms with E-state index in [1.54, 1.807) is 32.2 Å². The molecule has 1 atom stereocenters. The lowest BCUT2D eigenvalue weighted by Gasteiger charge is -2.19. The largest absolute Gasteiger partial charge is 0.494 e. The summed E-state index contributed by atoms with van der Waals surface area (Å²) in [6, 6.07) is 9.79. The van der Waals surface area contributed by atoms with Crippen molar-refractivity contribution >= 4 is 29.9 Å². The van der Waals surface area contributed by atoms with Crippen LogP contribution >= 0.6 is 24.0 Å². The van der Waals surface area contributed by atoms with E-state index in [1.807, 2.05) is 13.0 Å². The number of nitrogens with one attached hydrogen (secondary N) is 2. The van der Waals surface area contributed by atoms with Crippen LogP contribution in [0.2, 0.25) is 0 Å². The van der Waals surface area contributed by atoms with Gasteiger partial charge in [0.15, 0.2) is 17.5 Å². The van der Waals surface area contributed by atoms with Crippen LogP contribution in [0.5, 0.6) is 5.75 Å². The summed E-state index contributed by atoms with van der Waals surface area (Å²) < 4.78 is 32.3. The number of halogens is 3. The quantitative estimate of drug-likeness (QED) is 0.385. The van der Waals surface area contributed by atoms with Crippen LogP contribution in [-0.2, 0) is 6.54 Å². The predicted molar refractivity (Wildman–Crippen MR) is 111 cm³/mol. The third kappa shape index (κ3) is 5.82. The number of ether oxygens (including phenoxy) is 1. The molecule has 0 saturated carbocycles. The smallest absolute Gasteiger partial charge is 0.191 e. The fraction of sp³-hybridized carbons (Fsp3) is 0.316. The molecule has 1 unspecified atom stereocenters. The highest BCUT2D eigenvalue weighted by molar-refractivity contribution is 14.0. The summed E-state index contributed by atoms with van der Waals surface area (Å²) in [7, 11) is 3.07. The van der Waals surface area contributed by atoms with Crippen molar-refractivity contribution < 1.29 is 13.5 Å². The Morgan fingerprint density at radius 1 is 1.15 bits per heavy atom. The highest BCUT2D eigenvalue weighted by Gasteiger charge is 2.10. The fourth-order valence-electron chi connectivity index (χ4n) is 2.37. The predicted octanol–water partition coefficient (Wildman–Crippen LogP) is 4.33. The lowest BCUT2D eigenvalue weighted by atomic mass is 10.1. The number of benzene rings is 2. The summed E-state index contributed by atoms with van der Waals surface area (Å²) in [5, 5.41) is 6.31. The molecule has 0 saturated heterocycles. The Labute approximate surface area is 170 Å². The summed E-state index contributed by atoms with van der Waals surface area (Å²) in [6.07, 6.45) is 0. The Morgan fingerprint density at radius 2 is 1.88 bits per heavy atom. The average molecular weight is 475 g/mol. The maximum Gasteiger partial charge on any atom is 0.191 e. The first-order valence-electron chi connectivity index (χ1n) is 8.00. The van der Waals surface area contributed by atoms with Gasteiger partial charge >= 0.3 is 0 Å². The van der Waals surface area contributed by atoms with Crippen molar-refractivity contribution in [3.63, 3.8) is 0 Å². The fourth-order valence-corrected chi connectivity index (χ4v) is 2.37. The minimum atomic E-state index is -0.409. The first kappa shape index (κ1) is 22.1. The van der Waals surface area contributed by atoms with Gasteiger partial charge in [0.05, 0.1) is 13.2 Å². The van der Waals surface area contributed by atoms with Gasteiger partial charge in [-0.1, -0.05) is 18.2 Å². The van der Waals surface area contributed by atoms with Crippen molar-refractivity contribution in [3.05, 3.63) is 64.7 Å². The Hall–Kier alpha value is -1.90. The molecule has 0 aliphatic heterocycles. The molecule has 7 heteroatoms. The highest BCUT2D eigenvalue weighted by Crippen LogP contribution is 2.18. The first-order chi connectivity index (χ1) is 11.9. The zero-order chi connectivity index (χ0) is 18.4. The molecule has 0 radical (unpaired) electrons. The monoisotopic (exact) mass is 475 g/mol. The Bertz CT molecular complexity index is 768. The van der Waals surface area contributed by atoms with Crippen molar-refractivity contribution in [2.24, 2.45) is 4.99 Å². The van der Waals surface area contributed by atoms with E-state index < -0.39 is 5.82 Å². The van der Waals surface area contributed by atoms with Crippen LogP contribution in [0.15, 0.2) is 41.4 Å². The standard InChI is InChI=1S/C19H23F2N3O.HI/c1-12-5-7-15(10-16(12)20)13(2)24-19(22-3)23-11-14-6-8-18(25-4)17(21)9-14;/h5-10,13H,11H2,1-4H3,(H2,22,23,24);1H. The summed E-state index contributed by atoms with van der Waals surface area (Å²) >= 11 is 0. The van der Waals surface area contributed by atoms with Gasteiger partial charge in [-0.15, -0.1) is 24.0 Å². The number of methoxy groups -OCH3 is 1. The van der Waals surface area contributed by atoms with Crippen molar-refractivity contribution in [1.82, 2.24) is 10.6 Å². The maximum absolute atomic E-state index is 13.7. The zero-order valence-corrected chi connectivity index (χ0v) is 17.6. The molecule has 2 aromatic carbocycles. The Balaban J connectivity index is 0.00000338. The van der Waals surface area contributed by atoms with Gasteiger partial charge in [0.1, 0.15) is 5.82 Å². The van der Waals surface area contributed by atoms with E-state index in [0.717, 1.165) is 11.1 Å². The van der Waals surface area contributed by atoms with Gasteiger partial charge in [-0.3, -0.25) is 4.99 Å². The molecule has 0 amide bonds. The zero-order valence-electron chi connectivity index (χ0n) is 15.3. The van der Waals surface area contributed by atoms with Crippen molar-refractivity contribution in [1.29, 1.82) is 0 Å². The molecule has 26 heavy (non-hydrogen) atoms. The second-order valence-electron chi connectivity index (χ2n) is 5.77. The van der Waals surface area contributed by atoms with Crippen molar-refractivity contribution in [3.8, 4) is 5.75 Å². The Morgan fingerprint density at radius 3 is 2.46 bits per heavy atom. The summed E-state index contributed by atoms with van der Waals surface area (Å²) in [5.41, 5.74) is 2.19. The SMILES string of the molecule is CN=C(NCc1ccc(OC)c(F)c1)NC(C)c1ccc(C)c(F)c1.I. The number of nitrogens with zero attached hydrogens (tertiary/aromatic N) is 1. The van der Waals surface area contributed by atoms with Gasteiger partial charge in [-0.2, -0.15) is 0 Å². The van der Waals surface area contributed by atoms with E-state index in [0.29, 0.717) is 18.1 Å². The maximum atomic E-state index is 13.7. The van der Waals surface area contributed by atoms with Crippen LogP contribution in [0, 0.1) is 18.6 Å². The molecule has 0 aliphatic carbocycles. The van der Waals surface area contributed by atoms with E-state index in [1.165, 1.54) is 19.2 Å². The molecule has 4 nitrogen and oxygen atoms in total. The lowest BCUT2D eigenvalue weighted by molar-refractivity contribution is 0.386. The molecule has 142 valence electrons. The average Bonchev–Trinajstić information content (AvgIpc) is 2.60. The van der Waals surface area contributed by atoms with E-state index >= 15 is 0 Å². The van der Waals surface area contributed by atoms with E-state index in [4.69, 9.17) is 4.74 Å². The minimum absolute atomic E-state index is 0. The van der Waals surface area contributed by atoms with Crippen molar-refractivity contribution in [2.45, 2.75) is 26.4 Å². The Kier molecular flexibility index (Phi) is 8.77. The summed E-state index contributed by atoms with van der Waals surface area (Å²) in [6.45, 7) is 4.05. The van der Waals surface area contributed by atoms with Crippen LogP contribution in [0.3, 0.4) is 0 Å². The normalized spacial score (nSPS) is 12.2. The molecular weight excluding hydrogens is 451 g/mol. The van der Waals surface area contributed by atoms with Crippen molar-refractivity contribution in [2.75, 3.05) is 14.2 Å². The summed E-state index contributed by atoms with van der Waals surface area (Å²) in [4.78, 5) is 4.15. The van der Waals surface area contributed by atoms with Crippen LogP contribution < -0.4 is 15.4 Å². The van der Waals surface area contributed by atoms with Gasteiger partial charge in [-0.25, -0.2) is 8.78 Å². The number of aliphatic imine (C=N–C) groups is 1. The molecule has 2 aromatic rings. The molecule has 2 N–H and O–H groups in total. The molecule has 0 bridgehead atoms. The van der Waals surface area contributed by atoms with Crippen LogP contribution in [0.25, 0.3) is 0 Å². The summed E-state index contributed by atoms with van der Waals surface area (Å²) in [5.74, 6) is 0.113.